The number of hydrogen-bond donors (Lipinski definition) is 0. The Bertz CT molecular complexity index is 62.9. The van der Waals surface area contributed by atoms with Crippen molar-refractivity contribution in [1.29, 1.82) is 0 Å². The molecule has 0 unspecified atom stereocenters. The second kappa shape index (κ2) is 7.47. The van der Waals surface area contributed by atoms with Gasteiger partial charge in [0.2, 0.25) is 0 Å². The minimum atomic E-state index is -0.0339. The predicted molar refractivity (Wildman–Crippen MR) is 55.8 cm³/mol. The van der Waals surface area contributed by atoms with E-state index in [9.17, 15) is 0 Å². The molecule has 0 heterocycles. The Kier molecular flexibility index (Phi) is 8.02. The van der Waals surface area contributed by atoms with E-state index in [0.717, 1.165) is 7.73 Å². The van der Waals surface area contributed by atoms with E-state index in [4.69, 9.17) is 0 Å². The SMILES string of the molecule is CC[CH](CC)[SbH][CH](CC)CC. The fourth-order valence-corrected chi connectivity index (χ4v) is 5.98. The summed E-state index contributed by atoms with van der Waals surface area (Å²) in [5.41, 5.74) is 0. The van der Waals surface area contributed by atoms with Crippen molar-refractivity contribution in [2.75, 3.05) is 0 Å². The molecule has 0 nitrogen and oxygen atoms in total. The Labute approximate surface area is 82.7 Å². The average Bonchev–Trinajstić information content (AvgIpc) is 2.07. The van der Waals surface area contributed by atoms with Crippen LogP contribution in [0.4, 0.5) is 0 Å². The molecule has 0 aromatic carbocycles. The fourth-order valence-electron chi connectivity index (χ4n) is 1.38. The number of rotatable bonds is 6. The molecule has 0 aromatic rings. The predicted octanol–water partition coefficient (Wildman–Crippen LogP) is 3.64. The van der Waals surface area contributed by atoms with Crippen LogP contribution in [-0.2, 0) is 0 Å². The second-order valence-corrected chi connectivity index (χ2v) is 8.81. The molecule has 0 rings (SSSR count). The number of hydrogen-bond acceptors (Lipinski definition) is 0. The normalized spacial score (nSPS) is 11.5. The van der Waals surface area contributed by atoms with Crippen LogP contribution < -0.4 is 0 Å². The van der Waals surface area contributed by atoms with Crippen LogP contribution in [0.15, 0.2) is 0 Å². The summed E-state index contributed by atoms with van der Waals surface area (Å²) >= 11 is -0.0339. The first-order valence-corrected chi connectivity index (χ1v) is 8.33. The summed E-state index contributed by atoms with van der Waals surface area (Å²) in [7, 11) is 0. The fraction of sp³-hybridized carbons (Fsp3) is 1.00. The standard InChI is InChI=1S/2C5H11.Sb.H/c2*1-3-5-4-2;;/h2*5H,3-4H2,1-2H3;;. The molecule has 0 aliphatic heterocycles. The molecule has 0 spiro atoms. The molecule has 0 atom stereocenters. The van der Waals surface area contributed by atoms with E-state index >= 15 is 0 Å². The molecule has 0 bridgehead atoms. The molecule has 0 saturated heterocycles. The van der Waals surface area contributed by atoms with Crippen LogP contribution in [0.5, 0.6) is 0 Å². The molecule has 0 N–H and O–H groups in total. The van der Waals surface area contributed by atoms with E-state index in [0.29, 0.717) is 0 Å². The third-order valence-electron chi connectivity index (χ3n) is 2.44. The molecule has 11 heavy (non-hydrogen) atoms. The molecule has 68 valence electrons. The van der Waals surface area contributed by atoms with Crippen LogP contribution >= 0.6 is 0 Å². The molecule has 0 aromatic heterocycles. The maximum atomic E-state index is 2.36. The molecule has 0 saturated carbocycles. The van der Waals surface area contributed by atoms with Gasteiger partial charge in [-0.25, -0.2) is 0 Å². The van der Waals surface area contributed by atoms with Gasteiger partial charge in [-0.05, 0) is 0 Å². The van der Waals surface area contributed by atoms with Crippen molar-refractivity contribution in [2.45, 2.75) is 61.1 Å². The van der Waals surface area contributed by atoms with Crippen LogP contribution in [0.1, 0.15) is 53.4 Å². The summed E-state index contributed by atoms with van der Waals surface area (Å²) in [4.78, 5) is 0. The molecule has 1 heteroatoms. The maximum absolute atomic E-state index is 2.36. The van der Waals surface area contributed by atoms with Crippen molar-refractivity contribution in [3.8, 4) is 0 Å². The Hall–Kier alpha value is 0.818. The zero-order chi connectivity index (χ0) is 8.69. The minimum absolute atomic E-state index is 0.0339. The van der Waals surface area contributed by atoms with Crippen molar-refractivity contribution < 1.29 is 0 Å². The van der Waals surface area contributed by atoms with Gasteiger partial charge in [-0.3, -0.25) is 0 Å². The van der Waals surface area contributed by atoms with Crippen molar-refractivity contribution >= 4 is 21.6 Å². The Morgan fingerprint density at radius 3 is 1.18 bits per heavy atom. The Morgan fingerprint density at radius 1 is 0.727 bits per heavy atom. The average molecular weight is 265 g/mol. The van der Waals surface area contributed by atoms with Crippen molar-refractivity contribution in [1.82, 2.24) is 0 Å². The first kappa shape index (κ1) is 11.8. The molecular weight excluding hydrogens is 242 g/mol. The van der Waals surface area contributed by atoms with Gasteiger partial charge in [-0.2, -0.15) is 0 Å². The first-order valence-electron chi connectivity index (χ1n) is 5.04. The monoisotopic (exact) mass is 264 g/mol. The van der Waals surface area contributed by atoms with Crippen LogP contribution in [-0.4, -0.2) is 21.6 Å². The van der Waals surface area contributed by atoms with Gasteiger partial charge in [0.25, 0.3) is 0 Å². The van der Waals surface area contributed by atoms with Gasteiger partial charge >= 0.3 is 82.7 Å². The Balaban J connectivity index is 3.58. The van der Waals surface area contributed by atoms with Gasteiger partial charge in [-0.1, -0.05) is 0 Å². The van der Waals surface area contributed by atoms with Crippen molar-refractivity contribution in [3.63, 3.8) is 0 Å². The van der Waals surface area contributed by atoms with E-state index < -0.39 is 0 Å². The van der Waals surface area contributed by atoms with Gasteiger partial charge in [-0.15, -0.1) is 0 Å². The van der Waals surface area contributed by atoms with E-state index in [1.165, 1.54) is 25.7 Å². The zero-order valence-corrected chi connectivity index (χ0v) is 11.3. The molecular formula is C10H23Sb. The van der Waals surface area contributed by atoms with Crippen LogP contribution in [0.2, 0.25) is 7.73 Å². The topological polar surface area (TPSA) is 0 Å². The summed E-state index contributed by atoms with van der Waals surface area (Å²) in [5, 5.41) is 0. The Morgan fingerprint density at radius 2 is 1.00 bits per heavy atom. The summed E-state index contributed by atoms with van der Waals surface area (Å²) in [6.07, 6.45) is 5.77. The summed E-state index contributed by atoms with van der Waals surface area (Å²) < 4.78 is 2.31. The summed E-state index contributed by atoms with van der Waals surface area (Å²) in [5.74, 6) is 0. The van der Waals surface area contributed by atoms with Gasteiger partial charge in [0.05, 0.1) is 0 Å². The quantitative estimate of drug-likeness (QED) is 0.643. The third kappa shape index (κ3) is 5.12. The van der Waals surface area contributed by atoms with E-state index in [-0.39, 0.29) is 21.6 Å². The summed E-state index contributed by atoms with van der Waals surface area (Å²) in [6, 6.07) is 0. The van der Waals surface area contributed by atoms with Crippen molar-refractivity contribution in [2.24, 2.45) is 0 Å². The van der Waals surface area contributed by atoms with Crippen LogP contribution in [0.3, 0.4) is 0 Å². The summed E-state index contributed by atoms with van der Waals surface area (Å²) in [6.45, 7) is 9.43. The second-order valence-electron chi connectivity index (χ2n) is 3.19. The van der Waals surface area contributed by atoms with Gasteiger partial charge in [0, 0.05) is 0 Å². The van der Waals surface area contributed by atoms with Gasteiger partial charge < -0.3 is 0 Å². The van der Waals surface area contributed by atoms with Crippen LogP contribution in [0, 0.1) is 0 Å². The molecule has 0 aliphatic carbocycles. The first-order chi connectivity index (χ1) is 5.28. The van der Waals surface area contributed by atoms with Gasteiger partial charge in [0.15, 0.2) is 0 Å². The van der Waals surface area contributed by atoms with E-state index in [2.05, 4.69) is 27.7 Å². The molecule has 0 fully saturated rings. The molecule has 0 radical (unpaired) electrons. The van der Waals surface area contributed by atoms with Gasteiger partial charge in [0.1, 0.15) is 0 Å². The zero-order valence-electron chi connectivity index (χ0n) is 8.48. The third-order valence-corrected chi connectivity index (χ3v) is 9.79. The molecule has 0 aliphatic rings. The van der Waals surface area contributed by atoms with E-state index in [1.54, 1.807) is 0 Å². The van der Waals surface area contributed by atoms with E-state index in [1.807, 2.05) is 0 Å². The van der Waals surface area contributed by atoms with Crippen molar-refractivity contribution in [3.05, 3.63) is 0 Å². The molecule has 0 amide bonds. The van der Waals surface area contributed by atoms with Crippen LogP contribution in [0.25, 0.3) is 0 Å².